The van der Waals surface area contributed by atoms with Gasteiger partial charge in [-0.2, -0.15) is 0 Å². The Bertz CT molecular complexity index is 1030. The molecule has 21 heteroatoms. The molecule has 5 fully saturated rings. The molecule has 280 valence electrons. The van der Waals surface area contributed by atoms with Crippen LogP contribution in [0.5, 0.6) is 0 Å². The lowest BCUT2D eigenvalue weighted by Crippen LogP contribution is -2.66. The summed E-state index contributed by atoms with van der Waals surface area (Å²) in [6, 6.07) is 0. The molecule has 0 aromatic rings. The maximum atomic E-state index is 11.2. The van der Waals surface area contributed by atoms with E-state index in [4.69, 9.17) is 42.6 Å². The smallest absolute Gasteiger partial charge is 0.187 e. The second kappa shape index (κ2) is 15.8. The van der Waals surface area contributed by atoms with E-state index in [0.29, 0.717) is 0 Å². The van der Waals surface area contributed by atoms with E-state index in [0.717, 1.165) is 0 Å². The molecule has 0 bridgehead atoms. The topological polar surface area (TPSA) is 326 Å². The van der Waals surface area contributed by atoms with Crippen molar-refractivity contribution in [1.82, 2.24) is 0 Å². The van der Waals surface area contributed by atoms with Crippen molar-refractivity contribution in [3.63, 3.8) is 0 Å². The second-order valence-corrected chi connectivity index (χ2v) is 12.6. The first-order chi connectivity index (χ1) is 22.6. The van der Waals surface area contributed by atoms with Crippen LogP contribution in [0.15, 0.2) is 0 Å². The Hall–Kier alpha value is -0.840. The van der Waals surface area contributed by atoms with Crippen LogP contribution in [0.4, 0.5) is 0 Å². The summed E-state index contributed by atoms with van der Waals surface area (Å²) in [5.74, 6) is 0. The lowest BCUT2D eigenvalue weighted by Gasteiger charge is -2.48. The lowest BCUT2D eigenvalue weighted by molar-refractivity contribution is -0.387. The third-order valence-electron chi connectivity index (χ3n) is 9.06. The molecule has 21 nitrogen and oxygen atoms in total. The molecule has 5 saturated heterocycles. The molecule has 0 aliphatic carbocycles. The van der Waals surface area contributed by atoms with Gasteiger partial charge in [-0.3, -0.25) is 0 Å². The molecule has 0 amide bonds. The Morgan fingerprint density at radius 1 is 0.375 bits per heavy atom. The van der Waals surface area contributed by atoms with Gasteiger partial charge in [0.2, 0.25) is 0 Å². The van der Waals surface area contributed by atoms with Crippen LogP contribution in [0.3, 0.4) is 0 Å². The maximum absolute atomic E-state index is 11.2. The largest absolute Gasteiger partial charge is 0.388 e. The molecule has 0 aromatic carbocycles. The number of aliphatic hydroxyl groups is 12. The Morgan fingerprint density at radius 3 is 1.48 bits per heavy atom. The number of hydrogen-bond acceptors (Lipinski definition) is 21. The Kier molecular flexibility index (Phi) is 12.6. The van der Waals surface area contributed by atoms with Gasteiger partial charge in [-0.25, -0.2) is 0 Å². The van der Waals surface area contributed by atoms with Gasteiger partial charge in [0, 0.05) is 0 Å². The monoisotopic (exact) mass is 706 g/mol. The van der Waals surface area contributed by atoms with Crippen molar-refractivity contribution >= 4 is 0 Å². The lowest BCUT2D eigenvalue weighted by atomic mass is 9.98. The maximum Gasteiger partial charge on any atom is 0.187 e. The first kappa shape index (κ1) is 38.4. The molecule has 0 aromatic heterocycles. The van der Waals surface area contributed by atoms with E-state index in [-0.39, 0.29) is 0 Å². The van der Waals surface area contributed by atoms with Crippen LogP contribution in [0.25, 0.3) is 0 Å². The summed E-state index contributed by atoms with van der Waals surface area (Å²) < 4.78 is 49.5. The second-order valence-electron chi connectivity index (χ2n) is 12.6. The first-order valence-corrected chi connectivity index (χ1v) is 15.5. The quantitative estimate of drug-likeness (QED) is 0.111. The zero-order valence-electron chi connectivity index (χ0n) is 25.9. The molecular weight excluding hydrogens is 660 g/mol. The van der Waals surface area contributed by atoms with Gasteiger partial charge in [0.05, 0.1) is 32.0 Å². The predicted molar refractivity (Wildman–Crippen MR) is 146 cm³/mol. The average Bonchev–Trinajstić information content (AvgIpc) is 3.05. The fraction of sp³-hybridized carbons (Fsp3) is 1.00. The van der Waals surface area contributed by atoms with Gasteiger partial charge in [-0.05, 0) is 13.8 Å². The molecule has 0 radical (unpaired) electrons. The highest BCUT2D eigenvalue weighted by atomic mass is 16.8. The van der Waals surface area contributed by atoms with Gasteiger partial charge in [0.1, 0.15) is 91.6 Å². The SMILES string of the molecule is C[C@@H]1O[C@@H](O[C@@H]2[C@@H](O[C@@H]3O[C@@H](C)[C@H](O)[C@@H](O[C@@H]4OC[C@@H](O)[C@H](O[C@@H]5OC[C@@H](O)[C@H](O)[C@H]5O)[C@H]4O)[C@H]3O)[C@H](O)OC[C@H]2O)[C@H](O)[C@H](O)[C@H]1O. The third-order valence-corrected chi connectivity index (χ3v) is 9.06. The van der Waals surface area contributed by atoms with E-state index in [2.05, 4.69) is 0 Å². The molecule has 0 spiro atoms. The van der Waals surface area contributed by atoms with Crippen LogP contribution >= 0.6 is 0 Å². The standard InChI is InChI=1S/C27H46O21/c1-6-11(31)14(34)16(36)26(43-6)46-20-10(30)4-40-23(39)22(20)48-27-18(38)21(12(32)7(2)44-27)47-25-17(37)19(9(29)5-42-25)45-24-15(35)13(33)8(28)3-41-24/h6-39H,3-5H2,1-2H3/t6-,7-,8+,9+,10+,11-,12-,13-,14+,15+,16+,17+,18+,19-,20-,21+,22+,23+,24-,25-,26-,27-/m0/s1. The highest BCUT2D eigenvalue weighted by Gasteiger charge is 2.53. The summed E-state index contributed by atoms with van der Waals surface area (Å²) >= 11 is 0. The summed E-state index contributed by atoms with van der Waals surface area (Å²) in [6.45, 7) is 1.42. The average molecular weight is 707 g/mol. The first-order valence-electron chi connectivity index (χ1n) is 15.5. The predicted octanol–water partition coefficient (Wildman–Crippen LogP) is -7.95. The van der Waals surface area contributed by atoms with Gasteiger partial charge in [-0.1, -0.05) is 0 Å². The van der Waals surface area contributed by atoms with Crippen molar-refractivity contribution in [1.29, 1.82) is 0 Å². The molecular formula is C27H46O21. The minimum Gasteiger partial charge on any atom is -0.388 e. The minimum absolute atomic E-state index is 0.417. The summed E-state index contributed by atoms with van der Waals surface area (Å²) in [4.78, 5) is 0. The van der Waals surface area contributed by atoms with Crippen molar-refractivity contribution in [3.05, 3.63) is 0 Å². The Labute approximate surface area is 273 Å². The number of rotatable bonds is 8. The van der Waals surface area contributed by atoms with E-state index in [1.54, 1.807) is 0 Å². The third kappa shape index (κ3) is 7.81. The highest BCUT2D eigenvalue weighted by Crippen LogP contribution is 2.33. The van der Waals surface area contributed by atoms with Crippen molar-refractivity contribution in [2.24, 2.45) is 0 Å². The zero-order valence-corrected chi connectivity index (χ0v) is 25.9. The van der Waals surface area contributed by atoms with Crippen molar-refractivity contribution in [2.45, 2.75) is 149 Å². The van der Waals surface area contributed by atoms with Crippen molar-refractivity contribution in [2.75, 3.05) is 19.8 Å². The van der Waals surface area contributed by atoms with Crippen LogP contribution in [0, 0.1) is 0 Å². The van der Waals surface area contributed by atoms with Crippen LogP contribution in [0.2, 0.25) is 0 Å². The van der Waals surface area contributed by atoms with Crippen LogP contribution in [0.1, 0.15) is 13.8 Å². The van der Waals surface area contributed by atoms with Gasteiger partial charge in [0.25, 0.3) is 0 Å². The Balaban J connectivity index is 1.27. The van der Waals surface area contributed by atoms with Crippen LogP contribution in [-0.4, -0.2) is 216 Å². The molecule has 5 rings (SSSR count). The summed E-state index contributed by atoms with van der Waals surface area (Å²) in [5, 5.41) is 125. The molecule has 5 aliphatic rings. The van der Waals surface area contributed by atoms with E-state index >= 15 is 0 Å². The van der Waals surface area contributed by atoms with E-state index in [1.807, 2.05) is 0 Å². The molecule has 12 N–H and O–H groups in total. The Morgan fingerprint density at radius 2 is 0.812 bits per heavy atom. The minimum atomic E-state index is -1.89. The summed E-state index contributed by atoms with van der Waals surface area (Å²) in [6.07, 6.45) is -34.8. The van der Waals surface area contributed by atoms with E-state index in [9.17, 15) is 61.3 Å². The number of hydrogen-bond donors (Lipinski definition) is 12. The number of aliphatic hydroxyl groups excluding tert-OH is 12. The van der Waals surface area contributed by atoms with E-state index < -0.39 is 155 Å². The highest BCUT2D eigenvalue weighted by molar-refractivity contribution is 4.95. The summed E-state index contributed by atoms with van der Waals surface area (Å²) in [7, 11) is 0. The molecule has 5 aliphatic heterocycles. The van der Waals surface area contributed by atoms with Gasteiger partial charge < -0.3 is 104 Å². The van der Waals surface area contributed by atoms with Gasteiger partial charge >= 0.3 is 0 Å². The van der Waals surface area contributed by atoms with Crippen molar-refractivity contribution in [3.8, 4) is 0 Å². The molecule has 5 heterocycles. The molecule has 22 atom stereocenters. The fourth-order valence-electron chi connectivity index (χ4n) is 6.06. The normalized spacial score (nSPS) is 55.4. The fourth-order valence-corrected chi connectivity index (χ4v) is 6.06. The molecule has 0 unspecified atom stereocenters. The zero-order chi connectivity index (χ0) is 35.2. The molecule has 48 heavy (non-hydrogen) atoms. The van der Waals surface area contributed by atoms with Crippen LogP contribution < -0.4 is 0 Å². The van der Waals surface area contributed by atoms with Crippen molar-refractivity contribution < 1.29 is 104 Å². The summed E-state index contributed by atoms with van der Waals surface area (Å²) in [5.41, 5.74) is 0. The van der Waals surface area contributed by atoms with Gasteiger partial charge in [0.15, 0.2) is 31.5 Å². The van der Waals surface area contributed by atoms with Gasteiger partial charge in [-0.15, -0.1) is 0 Å². The molecule has 0 saturated carbocycles. The number of ether oxygens (including phenoxy) is 9. The van der Waals surface area contributed by atoms with Crippen LogP contribution in [-0.2, 0) is 42.6 Å². The van der Waals surface area contributed by atoms with E-state index in [1.165, 1.54) is 13.8 Å².